The number of hydrogen-bond donors (Lipinski definition) is 0. The fourth-order valence-electron chi connectivity index (χ4n) is 1.43. The van der Waals surface area contributed by atoms with Crippen molar-refractivity contribution in [2.24, 2.45) is 0 Å². The van der Waals surface area contributed by atoms with Crippen molar-refractivity contribution < 1.29 is 23.9 Å². The maximum atomic E-state index is 11.6. The van der Waals surface area contributed by atoms with Gasteiger partial charge in [0.05, 0.1) is 19.8 Å². The standard InChI is InChI=1S/C10H16N2O5/c1-3-16-9(14)11-6-5-8(13)7-12(11)10(15)17-4-2/h3-7H2,1-2H3. The third-order valence-corrected chi connectivity index (χ3v) is 2.18. The lowest BCUT2D eigenvalue weighted by Gasteiger charge is -2.35. The van der Waals surface area contributed by atoms with Crippen LogP contribution in [0.3, 0.4) is 0 Å². The van der Waals surface area contributed by atoms with Gasteiger partial charge in [-0.2, -0.15) is 0 Å². The summed E-state index contributed by atoms with van der Waals surface area (Å²) in [7, 11) is 0. The summed E-state index contributed by atoms with van der Waals surface area (Å²) in [6.45, 7) is 3.69. The highest BCUT2D eigenvalue weighted by atomic mass is 16.6. The number of rotatable bonds is 2. The van der Waals surface area contributed by atoms with Gasteiger partial charge in [0.2, 0.25) is 0 Å². The Labute approximate surface area is 99.2 Å². The van der Waals surface area contributed by atoms with E-state index in [0.717, 1.165) is 10.0 Å². The lowest BCUT2D eigenvalue weighted by Crippen LogP contribution is -2.56. The third kappa shape index (κ3) is 3.33. The zero-order valence-corrected chi connectivity index (χ0v) is 9.97. The van der Waals surface area contributed by atoms with Gasteiger partial charge < -0.3 is 9.47 Å². The Kier molecular flexibility index (Phi) is 4.74. The summed E-state index contributed by atoms with van der Waals surface area (Å²) in [5.41, 5.74) is 0. The first kappa shape index (κ1) is 13.3. The van der Waals surface area contributed by atoms with E-state index in [1.54, 1.807) is 13.8 Å². The zero-order valence-electron chi connectivity index (χ0n) is 9.97. The second-order valence-corrected chi connectivity index (χ2v) is 3.37. The maximum Gasteiger partial charge on any atom is 0.429 e. The summed E-state index contributed by atoms with van der Waals surface area (Å²) >= 11 is 0. The van der Waals surface area contributed by atoms with Crippen molar-refractivity contribution in [1.29, 1.82) is 0 Å². The highest BCUT2D eigenvalue weighted by molar-refractivity contribution is 5.87. The molecule has 0 bridgehead atoms. The molecule has 0 aromatic heterocycles. The van der Waals surface area contributed by atoms with Crippen LogP contribution in [-0.4, -0.2) is 54.3 Å². The number of carbonyl (C=O) groups is 3. The van der Waals surface area contributed by atoms with Crippen molar-refractivity contribution in [3.05, 3.63) is 0 Å². The number of hydrazine groups is 1. The molecule has 2 amide bonds. The quantitative estimate of drug-likeness (QED) is 0.717. The van der Waals surface area contributed by atoms with Crippen molar-refractivity contribution >= 4 is 18.0 Å². The summed E-state index contributed by atoms with van der Waals surface area (Å²) in [5, 5.41) is 2.08. The van der Waals surface area contributed by atoms with Crippen LogP contribution in [0.4, 0.5) is 9.59 Å². The molecule has 7 nitrogen and oxygen atoms in total. The van der Waals surface area contributed by atoms with Crippen molar-refractivity contribution in [1.82, 2.24) is 10.0 Å². The topological polar surface area (TPSA) is 76.2 Å². The summed E-state index contributed by atoms with van der Waals surface area (Å²) in [6.07, 6.45) is -1.14. The van der Waals surface area contributed by atoms with Gasteiger partial charge >= 0.3 is 12.2 Å². The molecule has 96 valence electrons. The number of carbonyl (C=O) groups excluding carboxylic acids is 3. The molecular weight excluding hydrogens is 228 g/mol. The molecule has 0 aliphatic carbocycles. The minimum absolute atomic E-state index is 0.112. The molecule has 1 heterocycles. The Hall–Kier alpha value is -1.79. The predicted octanol–water partition coefficient (Wildman–Crippen LogP) is 0.791. The summed E-state index contributed by atoms with van der Waals surface area (Å²) < 4.78 is 9.57. The van der Waals surface area contributed by atoms with Gasteiger partial charge in [-0.15, -0.1) is 0 Å². The fraction of sp³-hybridized carbons (Fsp3) is 0.700. The van der Waals surface area contributed by atoms with Gasteiger partial charge in [0.15, 0.2) is 5.78 Å². The highest BCUT2D eigenvalue weighted by Gasteiger charge is 2.33. The molecule has 7 heteroatoms. The van der Waals surface area contributed by atoms with Gasteiger partial charge in [-0.1, -0.05) is 0 Å². The van der Waals surface area contributed by atoms with Crippen molar-refractivity contribution in [3.63, 3.8) is 0 Å². The van der Waals surface area contributed by atoms with E-state index in [1.807, 2.05) is 0 Å². The molecule has 1 aliphatic rings. The van der Waals surface area contributed by atoms with Gasteiger partial charge in [-0.3, -0.25) is 4.79 Å². The van der Waals surface area contributed by atoms with Crippen LogP contribution in [0.5, 0.6) is 0 Å². The molecule has 1 saturated heterocycles. The first-order chi connectivity index (χ1) is 8.10. The normalized spacial score (nSPS) is 15.8. The number of hydrogen-bond acceptors (Lipinski definition) is 5. The number of ketones is 1. The van der Waals surface area contributed by atoms with Crippen LogP contribution in [-0.2, 0) is 14.3 Å². The Morgan fingerprint density at radius 1 is 1.12 bits per heavy atom. The van der Waals surface area contributed by atoms with Gasteiger partial charge in [0.1, 0.15) is 6.54 Å². The van der Waals surface area contributed by atoms with E-state index in [-0.39, 0.29) is 38.5 Å². The second-order valence-electron chi connectivity index (χ2n) is 3.37. The average molecular weight is 244 g/mol. The van der Waals surface area contributed by atoms with E-state index < -0.39 is 12.2 Å². The number of nitrogens with zero attached hydrogens (tertiary/aromatic N) is 2. The first-order valence-corrected chi connectivity index (χ1v) is 5.50. The molecule has 1 fully saturated rings. The van der Waals surface area contributed by atoms with E-state index in [1.165, 1.54) is 0 Å². The largest absolute Gasteiger partial charge is 0.448 e. The highest BCUT2D eigenvalue weighted by Crippen LogP contribution is 2.11. The Morgan fingerprint density at radius 2 is 1.65 bits per heavy atom. The molecule has 0 aromatic carbocycles. The summed E-state index contributed by atoms with van der Waals surface area (Å²) in [5.74, 6) is -0.112. The zero-order chi connectivity index (χ0) is 12.8. The van der Waals surface area contributed by atoms with Crippen molar-refractivity contribution in [3.8, 4) is 0 Å². The molecule has 17 heavy (non-hydrogen) atoms. The van der Waals surface area contributed by atoms with E-state index >= 15 is 0 Å². The van der Waals surface area contributed by atoms with E-state index in [2.05, 4.69) is 0 Å². The first-order valence-electron chi connectivity index (χ1n) is 5.50. The van der Waals surface area contributed by atoms with Crippen LogP contribution in [0.25, 0.3) is 0 Å². The van der Waals surface area contributed by atoms with E-state index in [4.69, 9.17) is 9.47 Å². The second kappa shape index (κ2) is 6.07. The van der Waals surface area contributed by atoms with E-state index in [9.17, 15) is 14.4 Å². The molecule has 1 rings (SSSR count). The van der Waals surface area contributed by atoms with E-state index in [0.29, 0.717) is 0 Å². The predicted molar refractivity (Wildman–Crippen MR) is 57.1 cm³/mol. The van der Waals surface area contributed by atoms with Crippen LogP contribution in [0.2, 0.25) is 0 Å². The minimum Gasteiger partial charge on any atom is -0.448 e. The number of ether oxygens (including phenoxy) is 2. The van der Waals surface area contributed by atoms with Crippen LogP contribution >= 0.6 is 0 Å². The molecule has 0 N–H and O–H groups in total. The van der Waals surface area contributed by atoms with Gasteiger partial charge in [-0.25, -0.2) is 19.6 Å². The fourth-order valence-corrected chi connectivity index (χ4v) is 1.43. The molecule has 0 saturated carbocycles. The molecule has 0 aromatic rings. The lowest BCUT2D eigenvalue weighted by molar-refractivity contribution is -0.129. The van der Waals surface area contributed by atoms with Crippen LogP contribution in [0.1, 0.15) is 20.3 Å². The van der Waals surface area contributed by atoms with Gasteiger partial charge in [-0.05, 0) is 13.8 Å². The average Bonchev–Trinajstić information content (AvgIpc) is 2.29. The van der Waals surface area contributed by atoms with Crippen molar-refractivity contribution in [2.75, 3.05) is 26.3 Å². The lowest BCUT2D eigenvalue weighted by atomic mass is 10.2. The SMILES string of the molecule is CCOC(=O)N1CCC(=O)CN1C(=O)OCC. The van der Waals surface area contributed by atoms with Crippen LogP contribution < -0.4 is 0 Å². The van der Waals surface area contributed by atoms with Crippen molar-refractivity contribution in [2.45, 2.75) is 20.3 Å². The third-order valence-electron chi connectivity index (χ3n) is 2.18. The maximum absolute atomic E-state index is 11.6. The number of amides is 2. The Balaban J connectivity index is 2.74. The molecule has 0 radical (unpaired) electrons. The molecule has 0 unspecified atom stereocenters. The van der Waals surface area contributed by atoms with Gasteiger partial charge in [0.25, 0.3) is 0 Å². The molecular formula is C10H16N2O5. The van der Waals surface area contributed by atoms with Crippen LogP contribution in [0, 0.1) is 0 Å². The summed E-state index contributed by atoms with van der Waals surface area (Å²) in [4.78, 5) is 34.4. The van der Waals surface area contributed by atoms with Gasteiger partial charge in [0, 0.05) is 6.42 Å². The molecule has 0 spiro atoms. The van der Waals surface area contributed by atoms with Crippen LogP contribution in [0.15, 0.2) is 0 Å². The molecule has 1 aliphatic heterocycles. The molecule has 0 atom stereocenters. The smallest absolute Gasteiger partial charge is 0.429 e. The monoisotopic (exact) mass is 244 g/mol. The Morgan fingerprint density at radius 3 is 2.18 bits per heavy atom. The Bertz CT molecular complexity index is 318. The minimum atomic E-state index is -0.714. The number of Topliss-reactive ketones (excluding diaryl/α,β-unsaturated/α-hetero) is 1. The summed E-state index contributed by atoms with van der Waals surface area (Å²) in [6, 6.07) is 0.